The van der Waals surface area contributed by atoms with Gasteiger partial charge in [-0.15, -0.1) is 0 Å². The van der Waals surface area contributed by atoms with Crippen molar-refractivity contribution in [3.05, 3.63) is 10.4 Å². The molecule has 0 aliphatic heterocycles. The van der Waals surface area contributed by atoms with E-state index in [1.807, 2.05) is 0 Å². The Balaban J connectivity index is 3.42. The zero-order valence-electron chi connectivity index (χ0n) is 9.71. The van der Waals surface area contributed by atoms with Crippen LogP contribution in [0.15, 0.2) is 5.11 Å². The molecule has 0 aromatic rings. The van der Waals surface area contributed by atoms with E-state index in [9.17, 15) is 9.59 Å². The Bertz CT molecular complexity index is 300. The largest absolute Gasteiger partial charge is 0.480 e. The van der Waals surface area contributed by atoms with E-state index in [4.69, 9.17) is 16.4 Å². The van der Waals surface area contributed by atoms with E-state index in [0.717, 1.165) is 12.8 Å². The molecule has 0 spiro atoms. The molecule has 0 fully saturated rings. The van der Waals surface area contributed by atoms with Gasteiger partial charge in [-0.05, 0) is 18.4 Å². The average Bonchev–Trinajstić information content (AvgIpc) is 2.28. The van der Waals surface area contributed by atoms with Crippen molar-refractivity contribution < 1.29 is 14.7 Å². The lowest BCUT2D eigenvalue weighted by Gasteiger charge is -2.05. The quantitative estimate of drug-likeness (QED) is 0.261. The van der Waals surface area contributed by atoms with E-state index in [2.05, 4.69) is 10.0 Å². The predicted octanol–water partition coefficient (Wildman–Crippen LogP) is 1.62. The Labute approximate surface area is 99.6 Å². The minimum atomic E-state index is -0.990. The lowest BCUT2D eigenvalue weighted by atomic mass is 10.1. The number of Topliss-reactive ketones (excluding diaryl/α,β-unsaturated/α-hetero) is 1. The second-order valence-corrected chi connectivity index (χ2v) is 3.79. The van der Waals surface area contributed by atoms with Crippen molar-refractivity contribution in [2.45, 2.75) is 44.6 Å². The topological polar surface area (TPSA) is 129 Å². The van der Waals surface area contributed by atoms with Crippen LogP contribution in [-0.4, -0.2) is 29.4 Å². The zero-order valence-corrected chi connectivity index (χ0v) is 9.71. The number of ketones is 1. The van der Waals surface area contributed by atoms with Crippen molar-refractivity contribution in [3.63, 3.8) is 0 Å². The van der Waals surface area contributed by atoms with Crippen LogP contribution in [0.5, 0.6) is 0 Å². The van der Waals surface area contributed by atoms with Crippen molar-refractivity contribution in [1.29, 1.82) is 0 Å². The Morgan fingerprint density at radius 2 is 2.00 bits per heavy atom. The first-order valence-corrected chi connectivity index (χ1v) is 5.59. The summed E-state index contributed by atoms with van der Waals surface area (Å²) in [5, 5.41) is 11.8. The minimum absolute atomic E-state index is 0.0694. The van der Waals surface area contributed by atoms with Gasteiger partial charge in [0.1, 0.15) is 11.8 Å². The molecule has 0 radical (unpaired) electrons. The number of carbonyl (C=O) groups excluding carboxylic acids is 1. The summed E-state index contributed by atoms with van der Waals surface area (Å²) in [4.78, 5) is 24.2. The third-order valence-corrected chi connectivity index (χ3v) is 2.34. The van der Waals surface area contributed by atoms with Gasteiger partial charge in [-0.2, -0.15) is 0 Å². The molecule has 3 N–H and O–H groups in total. The molecular formula is C10H18N4O3. The highest BCUT2D eigenvalue weighted by Crippen LogP contribution is 2.06. The number of rotatable bonds is 10. The predicted molar refractivity (Wildman–Crippen MR) is 62.3 cm³/mol. The molecule has 7 nitrogen and oxygen atoms in total. The Morgan fingerprint density at radius 1 is 1.29 bits per heavy atom. The molecule has 0 saturated heterocycles. The van der Waals surface area contributed by atoms with Crippen LogP contribution in [0.3, 0.4) is 0 Å². The molecule has 0 saturated carbocycles. The van der Waals surface area contributed by atoms with Crippen LogP contribution in [0.25, 0.3) is 10.4 Å². The normalized spacial score (nSPS) is 11.6. The summed E-state index contributed by atoms with van der Waals surface area (Å²) < 4.78 is 0. The zero-order chi connectivity index (χ0) is 13.1. The molecule has 0 aliphatic rings. The fourth-order valence-electron chi connectivity index (χ4n) is 1.33. The summed E-state index contributed by atoms with van der Waals surface area (Å²) in [6, 6.07) is -0.810. The highest BCUT2D eigenvalue weighted by molar-refractivity contribution is 5.78. The van der Waals surface area contributed by atoms with Crippen molar-refractivity contribution in [3.8, 4) is 0 Å². The van der Waals surface area contributed by atoms with Crippen LogP contribution in [-0.2, 0) is 9.59 Å². The van der Waals surface area contributed by atoms with Gasteiger partial charge >= 0.3 is 5.97 Å². The highest BCUT2D eigenvalue weighted by atomic mass is 16.4. The molecule has 96 valence electrons. The van der Waals surface area contributed by atoms with Crippen molar-refractivity contribution in [1.82, 2.24) is 0 Å². The number of nitrogens with zero attached hydrogens (tertiary/aromatic N) is 3. The first kappa shape index (κ1) is 15.4. The molecule has 0 rings (SSSR count). The maximum Gasteiger partial charge on any atom is 0.320 e. The maximum atomic E-state index is 11.2. The molecule has 0 bridgehead atoms. The van der Waals surface area contributed by atoms with Gasteiger partial charge in [-0.25, -0.2) is 0 Å². The number of aliphatic carboxylic acids is 1. The van der Waals surface area contributed by atoms with Gasteiger partial charge in [0.2, 0.25) is 0 Å². The summed E-state index contributed by atoms with van der Waals surface area (Å²) in [7, 11) is 0. The van der Waals surface area contributed by atoms with E-state index >= 15 is 0 Å². The number of nitrogens with two attached hydrogens (primary N) is 1. The van der Waals surface area contributed by atoms with E-state index in [0.29, 0.717) is 19.3 Å². The van der Waals surface area contributed by atoms with Gasteiger partial charge in [0.25, 0.3) is 0 Å². The molecule has 17 heavy (non-hydrogen) atoms. The van der Waals surface area contributed by atoms with Crippen LogP contribution in [0.2, 0.25) is 0 Å². The fourth-order valence-corrected chi connectivity index (χ4v) is 1.33. The summed E-state index contributed by atoms with van der Waals surface area (Å²) in [5.41, 5.74) is 13.3. The van der Waals surface area contributed by atoms with E-state index in [1.165, 1.54) is 0 Å². The number of carboxylic acid groups (broad SMARTS) is 1. The molecular weight excluding hydrogens is 224 g/mol. The number of hydrogen-bond acceptors (Lipinski definition) is 4. The average molecular weight is 242 g/mol. The number of hydrogen-bond donors (Lipinski definition) is 2. The Hall–Kier alpha value is -1.59. The van der Waals surface area contributed by atoms with Crippen molar-refractivity contribution in [2.24, 2.45) is 10.8 Å². The number of unbranched alkanes of at least 4 members (excludes halogenated alkanes) is 2. The Kier molecular flexibility index (Phi) is 8.72. The second kappa shape index (κ2) is 9.62. The van der Waals surface area contributed by atoms with Gasteiger partial charge < -0.3 is 10.8 Å². The highest BCUT2D eigenvalue weighted by Gasteiger charge is 2.10. The summed E-state index contributed by atoms with van der Waals surface area (Å²) >= 11 is 0. The number of azide groups is 1. The lowest BCUT2D eigenvalue weighted by Crippen LogP contribution is -2.29. The number of carboxylic acids is 1. The van der Waals surface area contributed by atoms with Gasteiger partial charge in [0.05, 0.1) is 0 Å². The SMILES string of the molecule is [N-]=[N+]=NCCC(=O)CCCCC[C@H](N)C(=O)O. The van der Waals surface area contributed by atoms with Crippen LogP contribution < -0.4 is 5.73 Å². The summed E-state index contributed by atoms with van der Waals surface area (Å²) in [5.74, 6) is -0.921. The van der Waals surface area contributed by atoms with Crippen molar-refractivity contribution >= 4 is 11.8 Å². The van der Waals surface area contributed by atoms with Crippen LogP contribution in [0.1, 0.15) is 38.5 Å². The Morgan fingerprint density at radius 3 is 2.59 bits per heavy atom. The van der Waals surface area contributed by atoms with E-state index in [-0.39, 0.29) is 18.7 Å². The van der Waals surface area contributed by atoms with E-state index in [1.54, 1.807) is 0 Å². The smallest absolute Gasteiger partial charge is 0.320 e. The third kappa shape index (κ3) is 9.35. The molecule has 0 aromatic heterocycles. The second-order valence-electron chi connectivity index (χ2n) is 3.79. The fraction of sp³-hybridized carbons (Fsp3) is 0.800. The molecule has 0 aliphatic carbocycles. The molecule has 0 unspecified atom stereocenters. The van der Waals surface area contributed by atoms with Crippen LogP contribution in [0, 0.1) is 0 Å². The van der Waals surface area contributed by atoms with Gasteiger partial charge in [-0.1, -0.05) is 18.0 Å². The maximum absolute atomic E-state index is 11.2. The molecule has 1 atom stereocenters. The van der Waals surface area contributed by atoms with Gasteiger partial charge in [0.15, 0.2) is 0 Å². The van der Waals surface area contributed by atoms with Crippen LogP contribution in [0.4, 0.5) is 0 Å². The molecule has 0 heterocycles. The number of carbonyl (C=O) groups is 2. The van der Waals surface area contributed by atoms with Gasteiger partial charge in [0, 0.05) is 24.3 Å². The first-order chi connectivity index (χ1) is 8.07. The molecule has 0 amide bonds. The summed E-state index contributed by atoms with van der Waals surface area (Å²) in [6.07, 6.45) is 3.37. The summed E-state index contributed by atoms with van der Waals surface area (Å²) in [6.45, 7) is 0.208. The van der Waals surface area contributed by atoms with E-state index < -0.39 is 12.0 Å². The monoisotopic (exact) mass is 242 g/mol. The van der Waals surface area contributed by atoms with Gasteiger partial charge in [-0.3, -0.25) is 9.59 Å². The molecule has 7 heteroatoms. The van der Waals surface area contributed by atoms with Crippen molar-refractivity contribution in [2.75, 3.05) is 6.54 Å². The van der Waals surface area contributed by atoms with Crippen LogP contribution >= 0.6 is 0 Å². The minimum Gasteiger partial charge on any atom is -0.480 e. The third-order valence-electron chi connectivity index (χ3n) is 2.34. The lowest BCUT2D eigenvalue weighted by molar-refractivity contribution is -0.138. The first-order valence-electron chi connectivity index (χ1n) is 5.59. The molecule has 0 aromatic carbocycles. The standard InChI is InChI=1S/C10H18N4O3/c11-9(10(16)17)5-3-1-2-4-8(15)6-7-13-14-12/h9H,1-7,11H2,(H,16,17)/t9-/m0/s1.